The van der Waals surface area contributed by atoms with Crippen LogP contribution in [0.25, 0.3) is 10.9 Å². The van der Waals surface area contributed by atoms with Crippen LogP contribution in [0.4, 0.5) is 0 Å². The Labute approximate surface area is 120 Å². The van der Waals surface area contributed by atoms with Gasteiger partial charge in [-0.3, -0.25) is 24.7 Å². The summed E-state index contributed by atoms with van der Waals surface area (Å²) in [7, 11) is 0. The number of hydrogen-bond donors (Lipinski definition) is 1. The zero-order chi connectivity index (χ0) is 15.0. The van der Waals surface area contributed by atoms with Gasteiger partial charge in [-0.15, -0.1) is 0 Å². The van der Waals surface area contributed by atoms with Crippen molar-refractivity contribution in [2.24, 2.45) is 0 Å². The van der Waals surface area contributed by atoms with Crippen molar-refractivity contribution >= 4 is 28.6 Å². The fourth-order valence-electron chi connectivity index (χ4n) is 2.39. The van der Waals surface area contributed by atoms with Crippen molar-refractivity contribution in [3.63, 3.8) is 0 Å². The van der Waals surface area contributed by atoms with Crippen molar-refractivity contribution in [3.8, 4) is 0 Å². The van der Waals surface area contributed by atoms with Gasteiger partial charge in [0.15, 0.2) is 0 Å². The second-order valence-electron chi connectivity index (χ2n) is 4.90. The largest absolute Gasteiger partial charge is 0.317 e. The first-order valence-electron chi connectivity index (χ1n) is 6.56. The second-order valence-corrected chi connectivity index (χ2v) is 4.90. The number of fused-ring (bicyclic) bond motifs is 1. The summed E-state index contributed by atoms with van der Waals surface area (Å²) in [6, 6.07) is 8.23. The number of imide groups is 1. The molecular weight excluding hydrogens is 270 g/mol. The number of para-hydroxylation sites is 1. The normalized spacial score (nSPS) is 18.7. The van der Waals surface area contributed by atoms with Crippen LogP contribution < -0.4 is 5.32 Å². The topological polar surface area (TPSA) is 79.4 Å². The molecule has 0 spiro atoms. The van der Waals surface area contributed by atoms with E-state index >= 15 is 0 Å². The molecule has 0 bridgehead atoms. The highest BCUT2D eigenvalue weighted by Gasteiger charge is 2.34. The molecule has 0 radical (unpaired) electrons. The van der Waals surface area contributed by atoms with Crippen molar-refractivity contribution in [1.82, 2.24) is 15.2 Å². The molecule has 1 aromatic heterocycles. The summed E-state index contributed by atoms with van der Waals surface area (Å²) in [6.45, 7) is 1.47. The van der Waals surface area contributed by atoms with Crippen LogP contribution in [0.3, 0.4) is 0 Å². The zero-order valence-corrected chi connectivity index (χ0v) is 11.4. The summed E-state index contributed by atoms with van der Waals surface area (Å²) in [6.07, 6.45) is 1.61. The highest BCUT2D eigenvalue weighted by Crippen LogP contribution is 2.19. The van der Waals surface area contributed by atoms with E-state index < -0.39 is 17.9 Å². The molecule has 3 rings (SSSR count). The van der Waals surface area contributed by atoms with Crippen molar-refractivity contribution in [2.75, 3.05) is 6.54 Å². The average molecular weight is 283 g/mol. The van der Waals surface area contributed by atoms with Crippen molar-refractivity contribution in [3.05, 3.63) is 42.1 Å². The molecular formula is C15H13N3O3. The Morgan fingerprint density at radius 2 is 2.05 bits per heavy atom. The number of pyridine rings is 1. The van der Waals surface area contributed by atoms with E-state index in [1.165, 1.54) is 4.90 Å². The number of nitrogens with zero attached hydrogens (tertiary/aromatic N) is 2. The maximum absolute atomic E-state index is 12.7. The van der Waals surface area contributed by atoms with E-state index in [-0.39, 0.29) is 12.5 Å². The molecule has 1 aliphatic heterocycles. The zero-order valence-electron chi connectivity index (χ0n) is 11.4. The predicted octanol–water partition coefficient (Wildman–Crippen LogP) is 0.722. The Morgan fingerprint density at radius 1 is 1.29 bits per heavy atom. The minimum atomic E-state index is -0.686. The summed E-state index contributed by atoms with van der Waals surface area (Å²) in [5.41, 5.74) is 0.957. The Bertz CT molecular complexity index is 751. The van der Waals surface area contributed by atoms with Crippen LogP contribution >= 0.6 is 0 Å². The molecule has 0 saturated carbocycles. The molecule has 0 aliphatic carbocycles. The molecule has 106 valence electrons. The molecule has 2 aromatic rings. The van der Waals surface area contributed by atoms with E-state index in [9.17, 15) is 14.4 Å². The lowest BCUT2D eigenvalue weighted by atomic mass is 10.1. The third-order valence-electron chi connectivity index (χ3n) is 3.55. The Kier molecular flexibility index (Phi) is 3.13. The molecule has 1 unspecified atom stereocenters. The summed E-state index contributed by atoms with van der Waals surface area (Å²) in [4.78, 5) is 41.3. The van der Waals surface area contributed by atoms with Gasteiger partial charge in [-0.1, -0.05) is 18.2 Å². The van der Waals surface area contributed by atoms with E-state index in [0.29, 0.717) is 11.1 Å². The van der Waals surface area contributed by atoms with Gasteiger partial charge in [-0.05, 0) is 19.1 Å². The number of carbonyl (C=O) groups excluding carboxylic acids is 3. The van der Waals surface area contributed by atoms with E-state index in [0.717, 1.165) is 5.39 Å². The van der Waals surface area contributed by atoms with Gasteiger partial charge in [0, 0.05) is 11.6 Å². The SMILES string of the molecule is CC1C(=O)NC(=O)CN1C(=O)c1cccc2cccnc12. The predicted molar refractivity (Wildman–Crippen MR) is 75.4 cm³/mol. The highest BCUT2D eigenvalue weighted by atomic mass is 16.2. The van der Waals surface area contributed by atoms with Crippen LogP contribution in [0.15, 0.2) is 36.5 Å². The van der Waals surface area contributed by atoms with Gasteiger partial charge in [-0.25, -0.2) is 0 Å². The van der Waals surface area contributed by atoms with Crippen LogP contribution in [0, 0.1) is 0 Å². The third-order valence-corrected chi connectivity index (χ3v) is 3.55. The van der Waals surface area contributed by atoms with E-state index in [4.69, 9.17) is 0 Å². The maximum atomic E-state index is 12.7. The standard InChI is InChI=1S/C15H13N3O3/c1-9-14(20)17-12(19)8-18(9)15(21)11-6-2-4-10-5-3-7-16-13(10)11/h2-7,9H,8H2,1H3,(H,17,19,20). The lowest BCUT2D eigenvalue weighted by Gasteiger charge is -2.31. The van der Waals surface area contributed by atoms with Gasteiger partial charge >= 0.3 is 0 Å². The highest BCUT2D eigenvalue weighted by molar-refractivity contribution is 6.10. The van der Waals surface area contributed by atoms with Gasteiger partial charge in [0.1, 0.15) is 12.6 Å². The smallest absolute Gasteiger partial charge is 0.257 e. The summed E-state index contributed by atoms with van der Waals surface area (Å²) in [5.74, 6) is -1.30. The molecule has 3 amide bonds. The van der Waals surface area contributed by atoms with Gasteiger partial charge in [0.05, 0.1) is 11.1 Å². The molecule has 6 nitrogen and oxygen atoms in total. The number of rotatable bonds is 1. The van der Waals surface area contributed by atoms with Crippen LogP contribution in [0.1, 0.15) is 17.3 Å². The second kappa shape index (κ2) is 4.97. The number of amides is 3. The molecule has 2 heterocycles. The number of hydrogen-bond acceptors (Lipinski definition) is 4. The molecule has 1 atom stereocenters. The van der Waals surface area contributed by atoms with Gasteiger partial charge < -0.3 is 4.90 Å². The number of aromatic nitrogens is 1. The number of benzene rings is 1. The van der Waals surface area contributed by atoms with E-state index in [2.05, 4.69) is 10.3 Å². The van der Waals surface area contributed by atoms with Crippen molar-refractivity contribution in [1.29, 1.82) is 0 Å². The molecule has 21 heavy (non-hydrogen) atoms. The monoisotopic (exact) mass is 283 g/mol. The van der Waals surface area contributed by atoms with Crippen molar-refractivity contribution in [2.45, 2.75) is 13.0 Å². The van der Waals surface area contributed by atoms with Crippen LogP contribution in [-0.2, 0) is 9.59 Å². The lowest BCUT2D eigenvalue weighted by Crippen LogP contribution is -2.58. The number of piperazine rings is 1. The summed E-state index contributed by atoms with van der Waals surface area (Å²) >= 11 is 0. The first kappa shape index (κ1) is 13.2. The summed E-state index contributed by atoms with van der Waals surface area (Å²) < 4.78 is 0. The van der Waals surface area contributed by atoms with Gasteiger partial charge in [-0.2, -0.15) is 0 Å². The molecule has 1 fully saturated rings. The fraction of sp³-hybridized carbons (Fsp3) is 0.200. The Morgan fingerprint density at radius 3 is 2.86 bits per heavy atom. The fourth-order valence-corrected chi connectivity index (χ4v) is 2.39. The number of carbonyl (C=O) groups is 3. The third kappa shape index (κ3) is 2.24. The van der Waals surface area contributed by atoms with Gasteiger partial charge in [0.2, 0.25) is 11.8 Å². The van der Waals surface area contributed by atoms with Crippen molar-refractivity contribution < 1.29 is 14.4 Å². The minimum absolute atomic E-state index is 0.130. The Balaban J connectivity index is 2.04. The average Bonchev–Trinajstić information content (AvgIpc) is 2.49. The van der Waals surface area contributed by atoms with E-state index in [1.54, 1.807) is 31.3 Å². The molecule has 6 heteroatoms. The quantitative estimate of drug-likeness (QED) is 0.782. The lowest BCUT2D eigenvalue weighted by molar-refractivity contribution is -0.138. The Hall–Kier alpha value is -2.76. The molecule has 1 aromatic carbocycles. The van der Waals surface area contributed by atoms with Gasteiger partial charge in [0.25, 0.3) is 5.91 Å². The van der Waals surface area contributed by atoms with Crippen LogP contribution in [0.2, 0.25) is 0 Å². The van der Waals surface area contributed by atoms with Crippen LogP contribution in [-0.4, -0.2) is 40.2 Å². The number of nitrogens with one attached hydrogen (secondary N) is 1. The van der Waals surface area contributed by atoms with Crippen LogP contribution in [0.5, 0.6) is 0 Å². The van der Waals surface area contributed by atoms with E-state index in [1.807, 2.05) is 12.1 Å². The summed E-state index contributed by atoms with van der Waals surface area (Å²) in [5, 5.41) is 3.05. The molecule has 1 N–H and O–H groups in total. The first-order chi connectivity index (χ1) is 10.1. The minimum Gasteiger partial charge on any atom is -0.317 e. The maximum Gasteiger partial charge on any atom is 0.257 e. The first-order valence-corrected chi connectivity index (χ1v) is 6.56. The molecule has 1 saturated heterocycles. The molecule has 1 aliphatic rings.